The second-order valence-corrected chi connectivity index (χ2v) is 10.6. The predicted octanol–water partition coefficient (Wildman–Crippen LogP) is 3.96. The Balaban J connectivity index is 1.57. The van der Waals surface area contributed by atoms with E-state index in [1.807, 2.05) is 0 Å². The fraction of sp³-hybridized carbons (Fsp3) is 1.00. The summed E-state index contributed by atoms with van der Waals surface area (Å²) in [7, 11) is 0. The highest BCUT2D eigenvalue weighted by Crippen LogP contribution is 3.10. The van der Waals surface area contributed by atoms with Crippen molar-refractivity contribution >= 4 is 0 Å². The van der Waals surface area contributed by atoms with Gasteiger partial charge in [0.05, 0.1) is 0 Å². The van der Waals surface area contributed by atoms with Crippen LogP contribution >= 0.6 is 0 Å². The van der Waals surface area contributed by atoms with Gasteiger partial charge in [0, 0.05) is 0 Å². The molecule has 12 atom stereocenters. The molecule has 0 aromatic rings. The Morgan fingerprint density at radius 1 is 0.895 bits per heavy atom. The van der Waals surface area contributed by atoms with Crippen LogP contribution in [0.15, 0.2) is 0 Å². The lowest BCUT2D eigenvalue weighted by Gasteiger charge is -2.99. The van der Waals surface area contributed by atoms with Crippen molar-refractivity contribution in [2.75, 3.05) is 0 Å². The van der Waals surface area contributed by atoms with Gasteiger partial charge in [0.15, 0.2) is 0 Å². The summed E-state index contributed by atoms with van der Waals surface area (Å²) < 4.78 is 0. The van der Waals surface area contributed by atoms with Crippen LogP contribution in [-0.4, -0.2) is 0 Å². The van der Waals surface area contributed by atoms with Gasteiger partial charge >= 0.3 is 0 Å². The molecule has 19 heavy (non-hydrogen) atoms. The molecule has 0 aliphatic heterocycles. The normalized spacial score (nSPS) is 92.5. The molecule has 0 amide bonds. The molecule has 0 heteroatoms. The van der Waals surface area contributed by atoms with E-state index in [2.05, 4.69) is 13.8 Å². The molecule has 11 rings (SSSR count). The standard InChI is InChI=1S/C19H24/c1-8-11-4-10-6-18-7-17-5-9-3-12(13(9)18)14(17)15(11)19(17,18)16(8,10)2/h8-15H,3-7H2,1-2H3. The maximum Gasteiger partial charge on any atom is -0.00851 e. The van der Waals surface area contributed by atoms with E-state index in [1.54, 1.807) is 32.1 Å². The fourth-order valence-corrected chi connectivity index (χ4v) is 12.8. The van der Waals surface area contributed by atoms with Crippen LogP contribution in [0.3, 0.4) is 0 Å². The smallest absolute Gasteiger partial charge is 0.00851 e. The molecule has 0 aromatic heterocycles. The quantitative estimate of drug-likeness (QED) is 0.612. The van der Waals surface area contributed by atoms with Gasteiger partial charge in [-0.2, -0.15) is 0 Å². The van der Waals surface area contributed by atoms with Crippen molar-refractivity contribution < 1.29 is 0 Å². The zero-order valence-electron chi connectivity index (χ0n) is 12.2. The molecule has 12 unspecified atom stereocenters. The number of hydrogen-bond acceptors (Lipinski definition) is 0. The summed E-state index contributed by atoms with van der Waals surface area (Å²) in [5.74, 6) is 9.62. The summed E-state index contributed by atoms with van der Waals surface area (Å²) in [4.78, 5) is 0. The van der Waals surface area contributed by atoms with E-state index in [-0.39, 0.29) is 0 Å². The highest BCUT2D eigenvalue weighted by atomic mass is 15.1. The van der Waals surface area contributed by atoms with Crippen LogP contribution in [-0.2, 0) is 0 Å². The summed E-state index contributed by atoms with van der Waals surface area (Å²) in [6, 6.07) is 0. The SMILES string of the molecule is CC1C2CC3CC45CC67CC8CC(C84)C6C2C57C31C. The highest BCUT2D eigenvalue weighted by molar-refractivity contribution is 5.52. The van der Waals surface area contributed by atoms with E-state index in [0.717, 1.165) is 33.5 Å². The Morgan fingerprint density at radius 3 is 2.63 bits per heavy atom. The van der Waals surface area contributed by atoms with Crippen LogP contribution in [0.5, 0.6) is 0 Å². The monoisotopic (exact) mass is 252 g/mol. The molecule has 100 valence electrons. The van der Waals surface area contributed by atoms with E-state index in [4.69, 9.17) is 0 Å². The summed E-state index contributed by atoms with van der Waals surface area (Å²) in [5.41, 5.74) is 3.61. The second-order valence-electron chi connectivity index (χ2n) is 10.6. The third kappa shape index (κ3) is 0.418. The Morgan fingerprint density at radius 2 is 1.74 bits per heavy atom. The summed E-state index contributed by atoms with van der Waals surface area (Å²) in [6.45, 7) is 5.48. The summed E-state index contributed by atoms with van der Waals surface area (Å²) in [6.07, 6.45) is 8.46. The van der Waals surface area contributed by atoms with Gasteiger partial charge in [-0.1, -0.05) is 13.8 Å². The minimum atomic E-state index is 0.808. The lowest BCUT2D eigenvalue weighted by molar-refractivity contribution is -0.520. The van der Waals surface area contributed by atoms with Gasteiger partial charge in [-0.15, -0.1) is 0 Å². The van der Waals surface area contributed by atoms with Crippen LogP contribution in [0.4, 0.5) is 0 Å². The Labute approximate surface area is 115 Å². The van der Waals surface area contributed by atoms with E-state index in [9.17, 15) is 0 Å². The average molecular weight is 252 g/mol. The van der Waals surface area contributed by atoms with Gasteiger partial charge in [0.1, 0.15) is 0 Å². The molecule has 0 aromatic carbocycles. The maximum absolute atomic E-state index is 2.80. The first kappa shape index (κ1) is 9.11. The molecule has 9 bridgehead atoms. The Hall–Kier alpha value is 0. The topological polar surface area (TPSA) is 0 Å². The molecular formula is C19H24. The number of hydrogen-bond donors (Lipinski definition) is 0. The molecule has 0 saturated heterocycles. The highest BCUT2D eigenvalue weighted by Gasteiger charge is 3.05. The minimum absolute atomic E-state index is 0.808. The molecule has 0 nitrogen and oxygen atoms in total. The van der Waals surface area contributed by atoms with Crippen molar-refractivity contribution in [1.82, 2.24) is 0 Å². The first-order valence-electron chi connectivity index (χ1n) is 9.13. The Kier molecular flexibility index (Phi) is 0.888. The summed E-state index contributed by atoms with van der Waals surface area (Å²) >= 11 is 0. The van der Waals surface area contributed by atoms with E-state index >= 15 is 0 Å². The van der Waals surface area contributed by atoms with Crippen molar-refractivity contribution in [2.24, 2.45) is 69.0 Å². The van der Waals surface area contributed by atoms with Crippen LogP contribution < -0.4 is 0 Å². The molecule has 0 heterocycles. The zero-order chi connectivity index (χ0) is 12.2. The fourth-order valence-electron chi connectivity index (χ4n) is 12.8. The van der Waals surface area contributed by atoms with Crippen molar-refractivity contribution in [2.45, 2.75) is 46.0 Å². The first-order chi connectivity index (χ1) is 9.13. The molecule has 3 spiro atoms. The van der Waals surface area contributed by atoms with Crippen molar-refractivity contribution in [1.29, 1.82) is 0 Å². The number of fused-ring (bicyclic) bond motifs is 1. The average Bonchev–Trinajstić information content (AvgIpc) is 2.77. The first-order valence-corrected chi connectivity index (χ1v) is 9.13. The van der Waals surface area contributed by atoms with E-state index in [1.165, 1.54) is 35.5 Å². The largest absolute Gasteiger partial charge is 0.0617 e. The van der Waals surface area contributed by atoms with Gasteiger partial charge < -0.3 is 0 Å². The van der Waals surface area contributed by atoms with Crippen molar-refractivity contribution in [3.05, 3.63) is 0 Å². The van der Waals surface area contributed by atoms with Crippen LogP contribution in [0.2, 0.25) is 0 Å². The van der Waals surface area contributed by atoms with Crippen LogP contribution in [0.1, 0.15) is 46.0 Å². The second kappa shape index (κ2) is 1.85. The van der Waals surface area contributed by atoms with Gasteiger partial charge in [-0.05, 0) is 101 Å². The van der Waals surface area contributed by atoms with Crippen LogP contribution in [0, 0.1) is 69.0 Å². The molecule has 11 aliphatic carbocycles. The van der Waals surface area contributed by atoms with Gasteiger partial charge in [-0.3, -0.25) is 0 Å². The van der Waals surface area contributed by atoms with E-state index < -0.39 is 0 Å². The van der Waals surface area contributed by atoms with Crippen molar-refractivity contribution in [3.8, 4) is 0 Å². The number of rotatable bonds is 0. The third-order valence-electron chi connectivity index (χ3n) is 11.9. The molecular weight excluding hydrogens is 228 g/mol. The van der Waals surface area contributed by atoms with Crippen molar-refractivity contribution in [3.63, 3.8) is 0 Å². The molecule has 0 radical (unpaired) electrons. The van der Waals surface area contributed by atoms with Gasteiger partial charge in [0.25, 0.3) is 0 Å². The maximum atomic E-state index is 2.80. The zero-order valence-corrected chi connectivity index (χ0v) is 12.2. The molecule has 11 fully saturated rings. The lowest BCUT2D eigenvalue weighted by Crippen LogP contribution is -2.94. The van der Waals surface area contributed by atoms with E-state index in [0.29, 0.717) is 0 Å². The predicted molar refractivity (Wildman–Crippen MR) is 72.1 cm³/mol. The molecule has 0 N–H and O–H groups in total. The van der Waals surface area contributed by atoms with Gasteiger partial charge in [0.2, 0.25) is 0 Å². The van der Waals surface area contributed by atoms with Crippen LogP contribution in [0.25, 0.3) is 0 Å². The molecule has 11 saturated carbocycles. The minimum Gasteiger partial charge on any atom is -0.0617 e. The molecule has 11 aliphatic rings. The Bertz CT molecular complexity index is 607. The van der Waals surface area contributed by atoms with Gasteiger partial charge in [-0.25, -0.2) is 0 Å². The summed E-state index contributed by atoms with van der Waals surface area (Å²) in [5, 5.41) is 0. The lowest BCUT2D eigenvalue weighted by atomic mass is 9.05. The third-order valence-corrected chi connectivity index (χ3v) is 11.9.